The summed E-state index contributed by atoms with van der Waals surface area (Å²) in [6, 6.07) is 9.83. The van der Waals surface area contributed by atoms with E-state index in [4.69, 9.17) is 5.84 Å². The molecule has 0 aliphatic rings. The summed E-state index contributed by atoms with van der Waals surface area (Å²) in [6.07, 6.45) is 5.45. The van der Waals surface area contributed by atoms with Crippen molar-refractivity contribution in [3.8, 4) is 11.8 Å². The zero-order valence-corrected chi connectivity index (χ0v) is 14.4. The Kier molecular flexibility index (Phi) is 5.34. The average Bonchev–Trinajstić information content (AvgIpc) is 3.06. The Bertz CT molecular complexity index is 976. The number of thiazole rings is 1. The van der Waals surface area contributed by atoms with Crippen LogP contribution in [0.25, 0.3) is 16.3 Å². The molecular weight excluding hydrogens is 332 g/mol. The summed E-state index contributed by atoms with van der Waals surface area (Å²) in [5, 5.41) is 11.0. The van der Waals surface area contributed by atoms with E-state index in [-0.39, 0.29) is 0 Å². The number of pyridine rings is 1. The molecule has 2 heterocycles. The van der Waals surface area contributed by atoms with Gasteiger partial charge in [0.15, 0.2) is 0 Å². The summed E-state index contributed by atoms with van der Waals surface area (Å²) in [5.41, 5.74) is 2.88. The summed E-state index contributed by atoms with van der Waals surface area (Å²) in [4.78, 5) is 8.79. The fourth-order valence-corrected chi connectivity index (χ4v) is 3.07. The Hall–Kier alpha value is -3.24. The smallest absolute Gasteiger partial charge is 0.125 e. The highest BCUT2D eigenvalue weighted by molar-refractivity contribution is 7.19. The number of nitrogens with two attached hydrogens (primary N) is 1. The number of nitrogens with one attached hydrogen (secondary N) is 1. The molecular formula is C18H16N6S. The Balaban J connectivity index is 1.71. The minimum absolute atomic E-state index is 0.474. The molecule has 0 saturated heterocycles. The molecule has 3 N–H and O–H groups in total. The molecule has 0 bridgehead atoms. The van der Waals surface area contributed by atoms with Crippen molar-refractivity contribution in [2.45, 2.75) is 6.54 Å². The van der Waals surface area contributed by atoms with Crippen LogP contribution in [0.15, 0.2) is 52.9 Å². The van der Waals surface area contributed by atoms with Gasteiger partial charge in [-0.3, -0.25) is 0 Å². The molecule has 0 aliphatic heterocycles. The number of nitrogens with zero attached hydrogens (tertiary/aromatic N) is 4. The molecule has 0 radical (unpaired) electrons. The third-order valence-electron chi connectivity index (χ3n) is 3.35. The van der Waals surface area contributed by atoms with E-state index >= 15 is 0 Å². The van der Waals surface area contributed by atoms with E-state index in [9.17, 15) is 0 Å². The Morgan fingerprint density at radius 2 is 2.24 bits per heavy atom. The lowest BCUT2D eigenvalue weighted by atomic mass is 10.2. The first-order valence-electron chi connectivity index (χ1n) is 7.56. The number of benzene rings is 1. The third-order valence-corrected chi connectivity index (χ3v) is 4.33. The number of fused-ring (bicyclic) bond motifs is 1. The van der Waals surface area contributed by atoms with Crippen molar-refractivity contribution in [2.75, 3.05) is 12.4 Å². The van der Waals surface area contributed by atoms with Gasteiger partial charge in [-0.05, 0) is 42.0 Å². The van der Waals surface area contributed by atoms with Crippen LogP contribution in [0.4, 0.5) is 5.82 Å². The van der Waals surface area contributed by atoms with Crippen LogP contribution < -0.4 is 11.2 Å². The maximum absolute atomic E-state index is 5.04. The largest absolute Gasteiger partial charge is 0.373 e. The maximum atomic E-state index is 5.04. The molecule has 25 heavy (non-hydrogen) atoms. The lowest BCUT2D eigenvalue weighted by molar-refractivity contribution is 0.894. The fourth-order valence-electron chi connectivity index (χ4n) is 2.13. The second-order valence-electron chi connectivity index (χ2n) is 5.05. The summed E-state index contributed by atoms with van der Waals surface area (Å²) >= 11 is 1.61. The third kappa shape index (κ3) is 4.40. The molecule has 7 heteroatoms. The molecule has 0 unspecified atom stereocenters. The molecule has 0 spiro atoms. The molecule has 1 aromatic carbocycles. The SMILES string of the molecule is CNc1ccc(C#C/C=C/c2nc3ccc(CN=NN)cc3s2)cn1. The molecule has 124 valence electrons. The van der Waals surface area contributed by atoms with Gasteiger partial charge in [0.25, 0.3) is 0 Å². The minimum atomic E-state index is 0.474. The summed E-state index contributed by atoms with van der Waals surface area (Å²) in [5.74, 6) is 11.9. The van der Waals surface area contributed by atoms with Crippen molar-refractivity contribution in [3.63, 3.8) is 0 Å². The van der Waals surface area contributed by atoms with Gasteiger partial charge < -0.3 is 11.2 Å². The van der Waals surface area contributed by atoms with Gasteiger partial charge >= 0.3 is 0 Å². The number of hydrogen-bond acceptors (Lipinski definition) is 6. The Morgan fingerprint density at radius 3 is 3.00 bits per heavy atom. The number of hydrogen-bond donors (Lipinski definition) is 2. The molecule has 0 saturated carbocycles. The van der Waals surface area contributed by atoms with Gasteiger partial charge in [-0.15, -0.1) is 11.3 Å². The Morgan fingerprint density at radius 1 is 1.32 bits per heavy atom. The molecule has 3 rings (SSSR count). The van der Waals surface area contributed by atoms with E-state index < -0.39 is 0 Å². The van der Waals surface area contributed by atoms with Crippen LogP contribution in [-0.4, -0.2) is 17.0 Å². The molecule has 0 amide bonds. The van der Waals surface area contributed by atoms with Crippen LogP contribution in [0, 0.1) is 11.8 Å². The number of aromatic nitrogens is 2. The number of allylic oxidation sites excluding steroid dienone is 1. The van der Waals surface area contributed by atoms with Crippen molar-refractivity contribution in [3.05, 3.63) is 58.7 Å². The van der Waals surface area contributed by atoms with E-state index in [1.54, 1.807) is 23.6 Å². The van der Waals surface area contributed by atoms with E-state index in [1.165, 1.54) is 0 Å². The van der Waals surface area contributed by atoms with Gasteiger partial charge in [0.05, 0.1) is 16.8 Å². The van der Waals surface area contributed by atoms with Gasteiger partial charge in [-0.1, -0.05) is 23.1 Å². The van der Waals surface area contributed by atoms with Crippen molar-refractivity contribution >= 4 is 33.4 Å². The quantitative estimate of drug-likeness (QED) is 0.326. The van der Waals surface area contributed by atoms with Crippen LogP contribution in [0.1, 0.15) is 16.1 Å². The highest BCUT2D eigenvalue weighted by Gasteiger charge is 2.02. The predicted octanol–water partition coefficient (Wildman–Crippen LogP) is 3.62. The Labute approximate surface area is 149 Å². The number of anilines is 1. The molecule has 2 aromatic heterocycles. The topological polar surface area (TPSA) is 88.5 Å². The van der Waals surface area contributed by atoms with Gasteiger partial charge in [-0.25, -0.2) is 9.97 Å². The van der Waals surface area contributed by atoms with Gasteiger partial charge in [0, 0.05) is 18.8 Å². The van der Waals surface area contributed by atoms with Crippen molar-refractivity contribution in [1.29, 1.82) is 0 Å². The van der Waals surface area contributed by atoms with Gasteiger partial charge in [-0.2, -0.15) is 5.11 Å². The van der Waals surface area contributed by atoms with E-state index in [0.717, 1.165) is 32.2 Å². The van der Waals surface area contributed by atoms with Crippen LogP contribution in [0.3, 0.4) is 0 Å². The molecule has 0 fully saturated rings. The summed E-state index contributed by atoms with van der Waals surface area (Å²) < 4.78 is 1.10. The molecule has 6 nitrogen and oxygen atoms in total. The maximum Gasteiger partial charge on any atom is 0.125 e. The zero-order valence-electron chi connectivity index (χ0n) is 13.6. The lowest BCUT2D eigenvalue weighted by Gasteiger charge is -1.96. The standard InChI is InChI=1S/C18H16N6S/c1-20-17-9-7-13(11-21-17)4-2-3-5-18-23-15-8-6-14(12-22-24-19)10-16(15)25-18/h3,5-11H,12H2,1H3,(H2,19,22)(H,20,21)/b5-3+. The molecule has 0 aliphatic carbocycles. The second kappa shape index (κ2) is 8.04. The van der Waals surface area contributed by atoms with Gasteiger partial charge in [0.1, 0.15) is 10.8 Å². The van der Waals surface area contributed by atoms with Crippen molar-refractivity contribution in [1.82, 2.24) is 9.97 Å². The normalized spacial score (nSPS) is 11.1. The van der Waals surface area contributed by atoms with E-state index in [0.29, 0.717) is 6.54 Å². The van der Waals surface area contributed by atoms with Crippen LogP contribution in [-0.2, 0) is 6.54 Å². The molecule has 0 atom stereocenters. The number of rotatable bonds is 4. The summed E-state index contributed by atoms with van der Waals surface area (Å²) in [6.45, 7) is 0.474. The lowest BCUT2D eigenvalue weighted by Crippen LogP contribution is -1.90. The van der Waals surface area contributed by atoms with Gasteiger partial charge in [0.2, 0.25) is 0 Å². The first-order valence-corrected chi connectivity index (χ1v) is 8.38. The minimum Gasteiger partial charge on any atom is -0.373 e. The fraction of sp³-hybridized carbons (Fsp3) is 0.111. The monoisotopic (exact) mass is 348 g/mol. The van der Waals surface area contributed by atoms with Crippen molar-refractivity contribution in [2.24, 2.45) is 16.2 Å². The predicted molar refractivity (Wildman–Crippen MR) is 102 cm³/mol. The van der Waals surface area contributed by atoms with Crippen molar-refractivity contribution < 1.29 is 0 Å². The second-order valence-corrected chi connectivity index (χ2v) is 6.12. The summed E-state index contributed by atoms with van der Waals surface area (Å²) in [7, 11) is 1.83. The van der Waals surface area contributed by atoms with Crippen LogP contribution >= 0.6 is 11.3 Å². The first-order chi connectivity index (χ1) is 12.3. The zero-order chi connectivity index (χ0) is 17.5. The molecule has 3 aromatic rings. The highest BCUT2D eigenvalue weighted by Crippen LogP contribution is 2.24. The average molecular weight is 348 g/mol. The highest BCUT2D eigenvalue weighted by atomic mass is 32.1. The van der Waals surface area contributed by atoms with Crippen LogP contribution in [0.2, 0.25) is 0 Å². The van der Waals surface area contributed by atoms with E-state index in [2.05, 4.69) is 43.5 Å². The van der Waals surface area contributed by atoms with Crippen LogP contribution in [0.5, 0.6) is 0 Å². The van der Waals surface area contributed by atoms with E-state index in [1.807, 2.05) is 37.4 Å². The first kappa shape index (κ1) is 16.6.